The number of hydrogen-bond acceptors (Lipinski definition) is 2. The molecule has 1 heterocycles. The fraction of sp³-hybridized carbons (Fsp3) is 0.476. The average Bonchev–Trinajstić information content (AvgIpc) is 3.50. The Morgan fingerprint density at radius 2 is 1.96 bits per heavy atom. The summed E-state index contributed by atoms with van der Waals surface area (Å²) >= 11 is 0. The molecule has 0 aliphatic heterocycles. The van der Waals surface area contributed by atoms with E-state index in [2.05, 4.69) is 42.6 Å². The maximum atomic E-state index is 12.2. The van der Waals surface area contributed by atoms with Crippen LogP contribution in [0.25, 0.3) is 0 Å². The standard InChI is InChI=1S/C21H25NO2/c1-15-13-18(15)19-9-7-17(24-19)8-10-20(23)22-14-21(11-12-21)16-5-3-2-4-6-16/h2-7,9,15,18H,8,10-14H2,1H3,(H,22,23)/t15-,18-/m1/s1. The fourth-order valence-corrected chi connectivity index (χ4v) is 3.55. The molecule has 1 N–H and O–H groups in total. The van der Waals surface area contributed by atoms with E-state index in [9.17, 15) is 4.79 Å². The molecule has 0 radical (unpaired) electrons. The molecule has 24 heavy (non-hydrogen) atoms. The van der Waals surface area contributed by atoms with Crippen LogP contribution in [-0.4, -0.2) is 12.5 Å². The Morgan fingerprint density at radius 1 is 1.21 bits per heavy atom. The molecule has 2 atom stereocenters. The SMILES string of the molecule is C[C@@H]1C[C@H]1c1ccc(CCC(=O)NCC2(c3ccccc3)CC2)o1. The van der Waals surface area contributed by atoms with Crippen molar-refractivity contribution in [2.75, 3.05) is 6.54 Å². The number of aryl methyl sites for hydroxylation is 1. The number of carbonyl (C=O) groups is 1. The lowest BCUT2D eigenvalue weighted by Crippen LogP contribution is -2.32. The molecule has 3 heteroatoms. The number of furan rings is 1. The van der Waals surface area contributed by atoms with Gasteiger partial charge in [-0.1, -0.05) is 37.3 Å². The highest BCUT2D eigenvalue weighted by atomic mass is 16.3. The van der Waals surface area contributed by atoms with Crippen molar-refractivity contribution in [3.8, 4) is 0 Å². The third-order valence-electron chi connectivity index (χ3n) is 5.62. The van der Waals surface area contributed by atoms with Crippen LogP contribution in [0.4, 0.5) is 0 Å². The topological polar surface area (TPSA) is 42.2 Å². The van der Waals surface area contributed by atoms with Gasteiger partial charge in [0, 0.05) is 30.7 Å². The molecule has 2 saturated carbocycles. The molecular weight excluding hydrogens is 298 g/mol. The molecule has 1 amide bonds. The lowest BCUT2D eigenvalue weighted by Gasteiger charge is -2.16. The smallest absolute Gasteiger partial charge is 0.220 e. The molecule has 0 saturated heterocycles. The second-order valence-corrected chi connectivity index (χ2v) is 7.55. The first-order chi connectivity index (χ1) is 11.7. The molecule has 1 aromatic heterocycles. The van der Waals surface area contributed by atoms with E-state index in [4.69, 9.17) is 4.42 Å². The number of benzene rings is 1. The number of nitrogens with one attached hydrogen (secondary N) is 1. The molecular formula is C21H25NO2. The summed E-state index contributed by atoms with van der Waals surface area (Å²) in [7, 11) is 0. The average molecular weight is 323 g/mol. The Hall–Kier alpha value is -2.03. The van der Waals surface area contributed by atoms with E-state index in [1.165, 1.54) is 24.8 Å². The van der Waals surface area contributed by atoms with Crippen LogP contribution in [0.1, 0.15) is 55.6 Å². The second-order valence-electron chi connectivity index (χ2n) is 7.55. The largest absolute Gasteiger partial charge is 0.466 e. The van der Waals surface area contributed by atoms with Gasteiger partial charge >= 0.3 is 0 Å². The van der Waals surface area contributed by atoms with Crippen LogP contribution in [-0.2, 0) is 16.6 Å². The quantitative estimate of drug-likeness (QED) is 0.830. The van der Waals surface area contributed by atoms with Gasteiger partial charge in [-0.2, -0.15) is 0 Å². The van der Waals surface area contributed by atoms with Crippen molar-refractivity contribution in [2.24, 2.45) is 5.92 Å². The molecule has 0 spiro atoms. The maximum absolute atomic E-state index is 12.2. The lowest BCUT2D eigenvalue weighted by molar-refractivity contribution is -0.121. The summed E-state index contributed by atoms with van der Waals surface area (Å²) in [6.07, 6.45) is 4.75. The highest BCUT2D eigenvalue weighted by molar-refractivity contribution is 5.76. The van der Waals surface area contributed by atoms with Crippen LogP contribution in [0.5, 0.6) is 0 Å². The Morgan fingerprint density at radius 3 is 2.62 bits per heavy atom. The van der Waals surface area contributed by atoms with E-state index in [1.807, 2.05) is 12.1 Å². The molecule has 2 aliphatic rings. The second kappa shape index (κ2) is 6.12. The highest BCUT2D eigenvalue weighted by Crippen LogP contribution is 2.48. The van der Waals surface area contributed by atoms with Crippen molar-refractivity contribution in [3.63, 3.8) is 0 Å². The molecule has 2 fully saturated rings. The molecule has 1 aromatic carbocycles. The normalized spacial score (nSPS) is 23.7. The zero-order valence-electron chi connectivity index (χ0n) is 14.3. The summed E-state index contributed by atoms with van der Waals surface area (Å²) in [4.78, 5) is 12.2. The van der Waals surface area contributed by atoms with Crippen LogP contribution in [0.3, 0.4) is 0 Å². The summed E-state index contributed by atoms with van der Waals surface area (Å²) in [6.45, 7) is 3.00. The van der Waals surface area contributed by atoms with Crippen molar-refractivity contribution in [2.45, 2.75) is 50.4 Å². The molecule has 0 bridgehead atoms. The van der Waals surface area contributed by atoms with Gasteiger partial charge in [0.1, 0.15) is 11.5 Å². The summed E-state index contributed by atoms with van der Waals surface area (Å²) in [5.41, 5.74) is 1.52. The third-order valence-corrected chi connectivity index (χ3v) is 5.62. The molecule has 0 unspecified atom stereocenters. The summed E-state index contributed by atoms with van der Waals surface area (Å²) in [5.74, 6) is 3.51. The minimum Gasteiger partial charge on any atom is -0.466 e. The predicted octanol–water partition coefficient (Wildman–Crippen LogP) is 4.18. The Bertz CT molecular complexity index is 714. The summed E-state index contributed by atoms with van der Waals surface area (Å²) in [6, 6.07) is 14.6. The van der Waals surface area contributed by atoms with Crippen LogP contribution in [0, 0.1) is 5.92 Å². The number of amides is 1. The van der Waals surface area contributed by atoms with E-state index in [0.717, 1.165) is 24.0 Å². The summed E-state index contributed by atoms with van der Waals surface area (Å²) < 4.78 is 5.88. The van der Waals surface area contributed by atoms with Gasteiger partial charge in [-0.3, -0.25) is 4.79 Å². The molecule has 4 rings (SSSR count). The van der Waals surface area contributed by atoms with Gasteiger partial charge in [0.05, 0.1) is 0 Å². The van der Waals surface area contributed by atoms with Crippen LogP contribution < -0.4 is 5.32 Å². The Balaban J connectivity index is 1.25. The van der Waals surface area contributed by atoms with Crippen molar-refractivity contribution in [1.29, 1.82) is 0 Å². The Kier molecular flexibility index (Phi) is 3.95. The van der Waals surface area contributed by atoms with Crippen LogP contribution in [0.15, 0.2) is 46.9 Å². The molecule has 126 valence electrons. The van der Waals surface area contributed by atoms with Gasteiger partial charge in [0.15, 0.2) is 0 Å². The summed E-state index contributed by atoms with van der Waals surface area (Å²) in [5, 5.41) is 3.12. The van der Waals surface area contributed by atoms with Gasteiger partial charge in [0.2, 0.25) is 5.91 Å². The van der Waals surface area contributed by atoms with Gasteiger partial charge < -0.3 is 9.73 Å². The van der Waals surface area contributed by atoms with Crippen molar-refractivity contribution in [1.82, 2.24) is 5.32 Å². The van der Waals surface area contributed by atoms with Gasteiger partial charge in [-0.25, -0.2) is 0 Å². The maximum Gasteiger partial charge on any atom is 0.220 e. The monoisotopic (exact) mass is 323 g/mol. The van der Waals surface area contributed by atoms with Gasteiger partial charge in [-0.15, -0.1) is 0 Å². The number of rotatable bonds is 7. The number of carbonyl (C=O) groups excluding carboxylic acids is 1. The van der Waals surface area contributed by atoms with Crippen molar-refractivity contribution < 1.29 is 9.21 Å². The van der Waals surface area contributed by atoms with Crippen molar-refractivity contribution >= 4 is 5.91 Å². The zero-order valence-corrected chi connectivity index (χ0v) is 14.3. The highest BCUT2D eigenvalue weighted by Gasteiger charge is 2.44. The van der Waals surface area contributed by atoms with E-state index < -0.39 is 0 Å². The molecule has 3 nitrogen and oxygen atoms in total. The van der Waals surface area contributed by atoms with Crippen molar-refractivity contribution in [3.05, 3.63) is 59.5 Å². The predicted molar refractivity (Wildman–Crippen MR) is 93.9 cm³/mol. The molecule has 2 aliphatic carbocycles. The van der Waals surface area contributed by atoms with E-state index in [-0.39, 0.29) is 11.3 Å². The van der Waals surface area contributed by atoms with Gasteiger partial charge in [-0.05, 0) is 42.9 Å². The minimum absolute atomic E-state index is 0.120. The first-order valence-corrected chi connectivity index (χ1v) is 9.07. The fourth-order valence-electron chi connectivity index (χ4n) is 3.55. The van der Waals surface area contributed by atoms with Gasteiger partial charge in [0.25, 0.3) is 0 Å². The van der Waals surface area contributed by atoms with Crippen LogP contribution in [0.2, 0.25) is 0 Å². The van der Waals surface area contributed by atoms with Crippen LogP contribution >= 0.6 is 0 Å². The first-order valence-electron chi connectivity index (χ1n) is 9.07. The minimum atomic E-state index is 0.120. The first kappa shape index (κ1) is 15.5. The third kappa shape index (κ3) is 3.26. The van der Waals surface area contributed by atoms with E-state index in [0.29, 0.717) is 18.8 Å². The Labute approximate surface area is 143 Å². The molecule has 2 aromatic rings. The van der Waals surface area contributed by atoms with E-state index >= 15 is 0 Å². The number of hydrogen-bond donors (Lipinski definition) is 1. The van der Waals surface area contributed by atoms with E-state index in [1.54, 1.807) is 0 Å². The zero-order chi connectivity index (χ0) is 16.6. The lowest BCUT2D eigenvalue weighted by atomic mass is 9.96.